The van der Waals surface area contributed by atoms with E-state index in [0.29, 0.717) is 12.8 Å². The Hall–Kier alpha value is -1.43. The first-order chi connectivity index (χ1) is 12.3. The van der Waals surface area contributed by atoms with Crippen LogP contribution in [0.5, 0.6) is 0 Å². The maximum Gasteiger partial charge on any atom is 0.253 e. The Bertz CT molecular complexity index is 782. The van der Waals surface area contributed by atoms with Gasteiger partial charge in [-0.3, -0.25) is 13.5 Å². The van der Waals surface area contributed by atoms with E-state index in [9.17, 15) is 9.59 Å². The summed E-state index contributed by atoms with van der Waals surface area (Å²) >= 11 is 1.55. The van der Waals surface area contributed by atoms with Crippen LogP contribution in [0.1, 0.15) is 79.7 Å². The molecular formula is C21H35N3O2S. The molecule has 0 aromatic carbocycles. The highest BCUT2D eigenvalue weighted by Crippen LogP contribution is 2.56. The zero-order valence-electron chi connectivity index (χ0n) is 17.9. The predicted octanol–water partition coefficient (Wildman–Crippen LogP) is 4.00. The molecule has 1 aromatic heterocycles. The van der Waals surface area contributed by atoms with Gasteiger partial charge in [0.25, 0.3) is 5.91 Å². The van der Waals surface area contributed by atoms with Crippen LogP contribution in [0.2, 0.25) is 0 Å². The highest BCUT2D eigenvalue weighted by Gasteiger charge is 2.57. The third-order valence-corrected chi connectivity index (χ3v) is 7.81. The van der Waals surface area contributed by atoms with Crippen molar-refractivity contribution in [2.45, 2.75) is 86.1 Å². The van der Waals surface area contributed by atoms with Crippen LogP contribution in [0.4, 0.5) is 0 Å². The van der Waals surface area contributed by atoms with Crippen LogP contribution >= 0.6 is 11.5 Å². The number of amides is 2. The van der Waals surface area contributed by atoms with Crippen LogP contribution in [-0.4, -0.2) is 15.8 Å². The maximum absolute atomic E-state index is 13.3. The SMILES string of the molecule is CCCCc1cn(C(C)(C)C)s/c1=N\C(=O)C1(C)CCC(C(N)=O)C1(C)C. The van der Waals surface area contributed by atoms with Crippen molar-refractivity contribution in [2.24, 2.45) is 27.5 Å². The number of carbonyl (C=O) groups excluding carboxylic acids is 2. The van der Waals surface area contributed by atoms with Crippen molar-refractivity contribution in [3.05, 3.63) is 16.4 Å². The second kappa shape index (κ2) is 7.53. The molecule has 1 aliphatic carbocycles. The van der Waals surface area contributed by atoms with E-state index < -0.39 is 10.8 Å². The van der Waals surface area contributed by atoms with Crippen LogP contribution in [0, 0.1) is 16.7 Å². The van der Waals surface area contributed by atoms with Gasteiger partial charge in [0.15, 0.2) is 0 Å². The third-order valence-electron chi connectivity index (χ3n) is 6.44. The third kappa shape index (κ3) is 4.05. The fourth-order valence-corrected chi connectivity index (χ4v) is 4.97. The summed E-state index contributed by atoms with van der Waals surface area (Å²) in [6.07, 6.45) is 6.53. The molecule has 6 heteroatoms. The Morgan fingerprint density at radius 1 is 1.33 bits per heavy atom. The summed E-state index contributed by atoms with van der Waals surface area (Å²) in [5.41, 5.74) is 5.51. The van der Waals surface area contributed by atoms with E-state index in [2.05, 4.69) is 42.8 Å². The minimum atomic E-state index is -0.675. The summed E-state index contributed by atoms with van der Waals surface area (Å²) < 4.78 is 2.99. The average Bonchev–Trinajstić information content (AvgIpc) is 3.05. The summed E-state index contributed by atoms with van der Waals surface area (Å²) in [6.45, 7) is 14.5. The first kappa shape index (κ1) is 21.9. The molecule has 1 saturated carbocycles. The Morgan fingerprint density at radius 2 is 1.96 bits per heavy atom. The number of carbonyl (C=O) groups is 2. The van der Waals surface area contributed by atoms with Gasteiger partial charge in [-0.25, -0.2) is 4.99 Å². The molecule has 0 spiro atoms. The van der Waals surface area contributed by atoms with Crippen molar-refractivity contribution in [1.29, 1.82) is 0 Å². The molecule has 2 amide bonds. The highest BCUT2D eigenvalue weighted by molar-refractivity contribution is 7.04. The van der Waals surface area contributed by atoms with E-state index >= 15 is 0 Å². The van der Waals surface area contributed by atoms with Gasteiger partial charge in [-0.05, 0) is 63.4 Å². The molecular weight excluding hydrogens is 358 g/mol. The van der Waals surface area contributed by atoms with E-state index in [-0.39, 0.29) is 23.3 Å². The fourth-order valence-electron chi connectivity index (χ4n) is 3.93. The zero-order valence-corrected chi connectivity index (χ0v) is 18.7. The molecule has 0 aliphatic heterocycles. The van der Waals surface area contributed by atoms with E-state index in [0.717, 1.165) is 29.5 Å². The fraction of sp³-hybridized carbons (Fsp3) is 0.762. The Labute approximate surface area is 167 Å². The molecule has 1 heterocycles. The van der Waals surface area contributed by atoms with Gasteiger partial charge in [0, 0.05) is 23.2 Å². The predicted molar refractivity (Wildman–Crippen MR) is 110 cm³/mol. The van der Waals surface area contributed by atoms with Gasteiger partial charge in [0.1, 0.15) is 4.67 Å². The summed E-state index contributed by atoms with van der Waals surface area (Å²) in [5, 5.41) is 0. The second-order valence-corrected chi connectivity index (χ2v) is 10.6. The maximum atomic E-state index is 13.3. The van der Waals surface area contributed by atoms with E-state index in [1.165, 1.54) is 0 Å². The summed E-state index contributed by atoms with van der Waals surface area (Å²) in [5.74, 6) is -0.733. The van der Waals surface area contributed by atoms with Crippen molar-refractivity contribution < 1.29 is 9.59 Å². The van der Waals surface area contributed by atoms with Gasteiger partial charge in [-0.15, -0.1) is 0 Å². The first-order valence-corrected chi connectivity index (χ1v) is 10.7. The molecule has 0 saturated heterocycles. The van der Waals surface area contributed by atoms with Crippen molar-refractivity contribution in [3.8, 4) is 0 Å². The standard InChI is InChI=1S/C21H35N3O2S/c1-8-9-10-14-13-24(19(2,3)4)27-17(14)23-18(26)21(7)12-11-15(16(22)25)20(21,5)6/h13,15H,8-12H2,1-7H3,(H2,22,25)/b23-17-. The first-order valence-electron chi connectivity index (χ1n) is 9.95. The monoisotopic (exact) mass is 393 g/mol. The lowest BCUT2D eigenvalue weighted by Crippen LogP contribution is -2.44. The molecule has 2 rings (SSSR count). The lowest BCUT2D eigenvalue weighted by atomic mass is 9.65. The van der Waals surface area contributed by atoms with E-state index in [4.69, 9.17) is 5.73 Å². The van der Waals surface area contributed by atoms with Crippen LogP contribution < -0.4 is 10.4 Å². The topological polar surface area (TPSA) is 77.4 Å². The number of primary amides is 1. The number of nitrogens with zero attached hydrogens (tertiary/aromatic N) is 2. The Morgan fingerprint density at radius 3 is 2.44 bits per heavy atom. The molecule has 5 nitrogen and oxygen atoms in total. The largest absolute Gasteiger partial charge is 0.369 e. The Kier molecular flexibility index (Phi) is 6.10. The smallest absolute Gasteiger partial charge is 0.253 e. The van der Waals surface area contributed by atoms with Crippen LogP contribution in [0.15, 0.2) is 11.2 Å². The molecule has 2 unspecified atom stereocenters. The zero-order chi connectivity index (χ0) is 20.6. The molecule has 2 atom stereocenters. The van der Waals surface area contributed by atoms with Crippen molar-refractivity contribution in [3.63, 3.8) is 0 Å². The van der Waals surface area contributed by atoms with Crippen LogP contribution in [0.25, 0.3) is 0 Å². The normalized spacial score (nSPS) is 25.7. The Balaban J connectivity index is 2.47. The average molecular weight is 394 g/mol. The van der Waals surface area contributed by atoms with Gasteiger partial charge in [-0.2, -0.15) is 0 Å². The van der Waals surface area contributed by atoms with E-state index in [1.54, 1.807) is 11.5 Å². The quantitative estimate of drug-likeness (QED) is 0.820. The minimum Gasteiger partial charge on any atom is -0.369 e. The number of hydrogen-bond acceptors (Lipinski definition) is 3. The number of rotatable bonds is 5. The molecule has 0 radical (unpaired) electrons. The highest BCUT2D eigenvalue weighted by atomic mass is 32.1. The van der Waals surface area contributed by atoms with Crippen LogP contribution in [-0.2, 0) is 21.5 Å². The number of nitrogens with two attached hydrogens (primary N) is 1. The number of aromatic nitrogens is 1. The van der Waals surface area contributed by atoms with Gasteiger partial charge in [0.05, 0.1) is 5.41 Å². The molecule has 152 valence electrons. The molecule has 27 heavy (non-hydrogen) atoms. The summed E-state index contributed by atoms with van der Waals surface area (Å²) in [4.78, 5) is 29.7. The molecule has 1 fully saturated rings. The molecule has 1 aromatic rings. The van der Waals surface area contributed by atoms with Crippen molar-refractivity contribution in [2.75, 3.05) is 0 Å². The number of aryl methyl sites for hydroxylation is 1. The van der Waals surface area contributed by atoms with Gasteiger partial charge in [0.2, 0.25) is 5.91 Å². The molecule has 2 N–H and O–H groups in total. The van der Waals surface area contributed by atoms with Crippen LogP contribution in [0.3, 0.4) is 0 Å². The number of unbranched alkanes of at least 4 members (excludes halogenated alkanes) is 1. The van der Waals surface area contributed by atoms with Gasteiger partial charge < -0.3 is 5.73 Å². The number of hydrogen-bond donors (Lipinski definition) is 1. The summed E-state index contributed by atoms with van der Waals surface area (Å²) in [7, 11) is 0. The van der Waals surface area contributed by atoms with Crippen molar-refractivity contribution in [1.82, 2.24) is 3.96 Å². The molecule has 1 aliphatic rings. The summed E-state index contributed by atoms with van der Waals surface area (Å²) in [6, 6.07) is 0. The van der Waals surface area contributed by atoms with Gasteiger partial charge in [-0.1, -0.05) is 34.1 Å². The molecule has 0 bridgehead atoms. The van der Waals surface area contributed by atoms with Gasteiger partial charge >= 0.3 is 0 Å². The lowest BCUT2D eigenvalue weighted by Gasteiger charge is -2.38. The van der Waals surface area contributed by atoms with E-state index in [1.807, 2.05) is 20.8 Å². The van der Waals surface area contributed by atoms with Crippen molar-refractivity contribution >= 4 is 23.3 Å². The lowest BCUT2D eigenvalue weighted by molar-refractivity contribution is -0.135. The second-order valence-electron chi connectivity index (χ2n) is 9.62. The minimum absolute atomic E-state index is 0.0456.